The van der Waals surface area contributed by atoms with Crippen LogP contribution in [0, 0.1) is 20.8 Å². The van der Waals surface area contributed by atoms with E-state index in [4.69, 9.17) is 0 Å². The summed E-state index contributed by atoms with van der Waals surface area (Å²) < 4.78 is 1.99. The second-order valence-electron chi connectivity index (χ2n) is 5.65. The predicted molar refractivity (Wildman–Crippen MR) is 95.2 cm³/mol. The number of aromatic nitrogens is 2. The van der Waals surface area contributed by atoms with Gasteiger partial charge in [-0.1, -0.05) is 35.5 Å². The maximum atomic E-state index is 12.3. The molecule has 0 spiro atoms. The molecule has 0 unspecified atom stereocenters. The van der Waals surface area contributed by atoms with Gasteiger partial charge in [-0.05, 0) is 44.0 Å². The van der Waals surface area contributed by atoms with Crippen molar-refractivity contribution in [1.29, 1.82) is 0 Å². The van der Waals surface area contributed by atoms with Gasteiger partial charge in [0.2, 0.25) is 5.91 Å². The van der Waals surface area contributed by atoms with Crippen LogP contribution in [0.2, 0.25) is 0 Å². The van der Waals surface area contributed by atoms with Crippen molar-refractivity contribution in [3.05, 3.63) is 59.4 Å². The van der Waals surface area contributed by atoms with Crippen LogP contribution in [0.15, 0.2) is 47.9 Å². The molecule has 1 amide bonds. The standard InChI is InChI=1S/C18H19N3OS/c1-12-8-13(2)17(14(3)9-12)20-16(22)11-23-18-19-10-15-6-4-5-7-21(15)18/h4-10H,11H2,1-3H3,(H,20,22). The lowest BCUT2D eigenvalue weighted by atomic mass is 10.1. The van der Waals surface area contributed by atoms with Gasteiger partial charge in [0.15, 0.2) is 5.16 Å². The van der Waals surface area contributed by atoms with E-state index in [0.717, 1.165) is 27.5 Å². The zero-order valence-electron chi connectivity index (χ0n) is 13.5. The highest BCUT2D eigenvalue weighted by molar-refractivity contribution is 7.99. The van der Waals surface area contributed by atoms with E-state index in [1.54, 1.807) is 0 Å². The van der Waals surface area contributed by atoms with Gasteiger partial charge in [-0.15, -0.1) is 0 Å². The van der Waals surface area contributed by atoms with Gasteiger partial charge in [-0.25, -0.2) is 4.98 Å². The van der Waals surface area contributed by atoms with Gasteiger partial charge in [0.25, 0.3) is 0 Å². The van der Waals surface area contributed by atoms with E-state index < -0.39 is 0 Å². The summed E-state index contributed by atoms with van der Waals surface area (Å²) in [6.07, 6.45) is 3.77. The third-order valence-electron chi connectivity index (χ3n) is 3.68. The van der Waals surface area contributed by atoms with Crippen molar-refractivity contribution in [3.8, 4) is 0 Å². The molecule has 2 aromatic heterocycles. The summed E-state index contributed by atoms with van der Waals surface area (Å²) >= 11 is 1.44. The lowest BCUT2D eigenvalue weighted by Crippen LogP contribution is -2.16. The SMILES string of the molecule is Cc1cc(C)c(NC(=O)CSc2ncc3ccccn23)c(C)c1. The first kappa shape index (κ1) is 15.6. The Balaban J connectivity index is 1.69. The normalized spacial score (nSPS) is 10.9. The lowest BCUT2D eigenvalue weighted by Gasteiger charge is -2.12. The number of aryl methyl sites for hydroxylation is 3. The minimum Gasteiger partial charge on any atom is -0.325 e. The second-order valence-corrected chi connectivity index (χ2v) is 6.59. The number of imidazole rings is 1. The molecule has 118 valence electrons. The molecule has 0 atom stereocenters. The quantitative estimate of drug-likeness (QED) is 0.738. The highest BCUT2D eigenvalue weighted by Gasteiger charge is 2.11. The number of thioether (sulfide) groups is 1. The molecule has 0 aliphatic carbocycles. The summed E-state index contributed by atoms with van der Waals surface area (Å²) in [4.78, 5) is 16.6. The second kappa shape index (κ2) is 6.46. The Morgan fingerprint density at radius 2 is 1.96 bits per heavy atom. The minimum absolute atomic E-state index is 0.0160. The fraction of sp³-hybridized carbons (Fsp3) is 0.222. The predicted octanol–water partition coefficient (Wildman–Crippen LogP) is 3.99. The fourth-order valence-corrected chi connectivity index (χ4v) is 3.47. The lowest BCUT2D eigenvalue weighted by molar-refractivity contribution is -0.113. The number of nitrogens with one attached hydrogen (secondary N) is 1. The number of fused-ring (bicyclic) bond motifs is 1. The summed E-state index contributed by atoms with van der Waals surface area (Å²) in [7, 11) is 0. The highest BCUT2D eigenvalue weighted by Crippen LogP contribution is 2.23. The smallest absolute Gasteiger partial charge is 0.234 e. The molecule has 0 radical (unpaired) electrons. The number of anilines is 1. The van der Waals surface area contributed by atoms with Crippen molar-refractivity contribution in [3.63, 3.8) is 0 Å². The summed E-state index contributed by atoms with van der Waals surface area (Å²) in [6, 6.07) is 10.1. The molecule has 2 heterocycles. The molecule has 0 saturated carbocycles. The number of carbonyl (C=O) groups is 1. The van der Waals surface area contributed by atoms with Crippen LogP contribution in [-0.2, 0) is 4.79 Å². The summed E-state index contributed by atoms with van der Waals surface area (Å²) in [5, 5.41) is 3.85. The molecule has 0 aliphatic heterocycles. The van der Waals surface area contributed by atoms with Gasteiger partial charge in [0, 0.05) is 11.9 Å². The summed E-state index contributed by atoms with van der Waals surface area (Å²) in [5.74, 6) is 0.318. The number of rotatable bonds is 4. The average Bonchev–Trinajstić information content (AvgIpc) is 2.92. The van der Waals surface area contributed by atoms with E-state index in [1.807, 2.05) is 48.8 Å². The van der Waals surface area contributed by atoms with E-state index in [9.17, 15) is 4.79 Å². The monoisotopic (exact) mass is 325 g/mol. The highest BCUT2D eigenvalue weighted by atomic mass is 32.2. The molecule has 0 saturated heterocycles. The first-order chi connectivity index (χ1) is 11.0. The third-order valence-corrected chi connectivity index (χ3v) is 4.65. The Morgan fingerprint density at radius 3 is 2.70 bits per heavy atom. The molecule has 0 bridgehead atoms. The molecule has 23 heavy (non-hydrogen) atoms. The Labute approximate surface area is 139 Å². The number of amides is 1. The van der Waals surface area contributed by atoms with E-state index in [0.29, 0.717) is 5.75 Å². The molecule has 1 aromatic carbocycles. The van der Waals surface area contributed by atoms with Crippen molar-refractivity contribution in [2.75, 3.05) is 11.1 Å². The Kier molecular flexibility index (Phi) is 4.39. The van der Waals surface area contributed by atoms with Gasteiger partial charge >= 0.3 is 0 Å². The van der Waals surface area contributed by atoms with Gasteiger partial charge in [0.1, 0.15) is 0 Å². The first-order valence-corrected chi connectivity index (χ1v) is 8.46. The molecule has 4 nitrogen and oxygen atoms in total. The zero-order valence-corrected chi connectivity index (χ0v) is 14.3. The van der Waals surface area contributed by atoms with Crippen LogP contribution in [0.5, 0.6) is 0 Å². The van der Waals surface area contributed by atoms with E-state index in [-0.39, 0.29) is 5.91 Å². The van der Waals surface area contributed by atoms with Crippen molar-refractivity contribution >= 4 is 28.9 Å². The molecule has 3 aromatic rings. The number of hydrogen-bond donors (Lipinski definition) is 1. The van der Waals surface area contributed by atoms with Crippen molar-refractivity contribution < 1.29 is 4.79 Å². The Morgan fingerprint density at radius 1 is 1.22 bits per heavy atom. The molecule has 3 rings (SSSR count). The van der Waals surface area contributed by atoms with Crippen LogP contribution in [0.25, 0.3) is 5.52 Å². The number of pyridine rings is 1. The van der Waals surface area contributed by atoms with E-state index >= 15 is 0 Å². The molecule has 5 heteroatoms. The summed E-state index contributed by atoms with van der Waals surface area (Å²) in [6.45, 7) is 6.10. The van der Waals surface area contributed by atoms with Gasteiger partial charge in [-0.3, -0.25) is 9.20 Å². The molecule has 1 N–H and O–H groups in total. The fourth-order valence-electron chi connectivity index (χ4n) is 2.71. The van der Waals surface area contributed by atoms with Crippen LogP contribution < -0.4 is 5.32 Å². The zero-order chi connectivity index (χ0) is 16.4. The largest absolute Gasteiger partial charge is 0.325 e. The first-order valence-electron chi connectivity index (χ1n) is 7.47. The van der Waals surface area contributed by atoms with E-state index in [2.05, 4.69) is 29.4 Å². The molecular formula is C18H19N3OS. The third kappa shape index (κ3) is 3.40. The average molecular weight is 325 g/mol. The van der Waals surface area contributed by atoms with Crippen LogP contribution in [0.3, 0.4) is 0 Å². The van der Waals surface area contributed by atoms with Crippen molar-refractivity contribution in [2.45, 2.75) is 25.9 Å². The van der Waals surface area contributed by atoms with Crippen LogP contribution in [-0.4, -0.2) is 21.0 Å². The Bertz CT molecular complexity index is 847. The van der Waals surface area contributed by atoms with Crippen LogP contribution in [0.1, 0.15) is 16.7 Å². The molecule has 0 fully saturated rings. The number of nitrogens with zero attached hydrogens (tertiary/aromatic N) is 2. The van der Waals surface area contributed by atoms with Crippen LogP contribution >= 0.6 is 11.8 Å². The van der Waals surface area contributed by atoms with Gasteiger partial charge < -0.3 is 5.32 Å². The molecule has 0 aliphatic rings. The van der Waals surface area contributed by atoms with Crippen LogP contribution in [0.4, 0.5) is 5.69 Å². The maximum absolute atomic E-state index is 12.3. The topological polar surface area (TPSA) is 46.4 Å². The molecular weight excluding hydrogens is 306 g/mol. The maximum Gasteiger partial charge on any atom is 0.234 e. The number of carbonyl (C=O) groups excluding carboxylic acids is 1. The Hall–Kier alpha value is -2.27. The van der Waals surface area contributed by atoms with E-state index in [1.165, 1.54) is 17.3 Å². The van der Waals surface area contributed by atoms with Gasteiger partial charge in [0.05, 0.1) is 17.5 Å². The minimum atomic E-state index is -0.0160. The van der Waals surface area contributed by atoms with Gasteiger partial charge in [-0.2, -0.15) is 0 Å². The number of benzene rings is 1. The summed E-state index contributed by atoms with van der Waals surface area (Å²) in [5.41, 5.74) is 5.32. The van der Waals surface area contributed by atoms with Crippen molar-refractivity contribution in [2.24, 2.45) is 0 Å². The van der Waals surface area contributed by atoms with Crippen molar-refractivity contribution in [1.82, 2.24) is 9.38 Å². The number of hydrogen-bond acceptors (Lipinski definition) is 3.